The lowest BCUT2D eigenvalue weighted by Gasteiger charge is -2.14. The molecule has 1 N–H and O–H groups in total. The third-order valence-corrected chi connectivity index (χ3v) is 4.35. The number of nitrogens with zero attached hydrogens (tertiary/aromatic N) is 1. The van der Waals surface area contributed by atoms with E-state index in [1.165, 1.54) is 6.07 Å². The molecule has 1 aliphatic rings. The zero-order chi connectivity index (χ0) is 18.8. The smallest absolute Gasteiger partial charge is 0.288 e. The van der Waals surface area contributed by atoms with Crippen molar-refractivity contribution in [2.45, 2.75) is 6.23 Å². The second-order valence-electron chi connectivity index (χ2n) is 5.92. The third kappa shape index (κ3) is 3.55. The molecule has 1 aliphatic heterocycles. The fourth-order valence-corrected chi connectivity index (χ4v) is 2.95. The van der Waals surface area contributed by atoms with Crippen LogP contribution in [0.15, 0.2) is 77.8 Å². The maximum Gasteiger partial charge on any atom is 0.288 e. The van der Waals surface area contributed by atoms with Gasteiger partial charge in [-0.15, -0.1) is 0 Å². The Morgan fingerprint density at radius 3 is 2.33 bits per heavy atom. The number of fused-ring (bicyclic) bond motifs is 1. The zero-order valence-corrected chi connectivity index (χ0v) is 14.8. The molecule has 0 spiro atoms. The van der Waals surface area contributed by atoms with Crippen molar-refractivity contribution in [1.29, 1.82) is 0 Å². The molecule has 0 aliphatic carbocycles. The van der Waals surface area contributed by atoms with Gasteiger partial charge in [-0.25, -0.2) is 9.38 Å². The first kappa shape index (κ1) is 17.2. The number of aliphatic imine (C=N–C) groups is 1. The number of amides is 1. The number of anilines is 1. The first-order valence-electron chi connectivity index (χ1n) is 8.27. The average Bonchev–Trinajstić information content (AvgIpc) is 2.81. The van der Waals surface area contributed by atoms with E-state index in [0.29, 0.717) is 33.3 Å². The van der Waals surface area contributed by atoms with Gasteiger partial charge in [-0.2, -0.15) is 0 Å². The number of carbonyl (C=O) groups excluding carboxylic acids is 1. The standard InChI is InChI=1S/C21H14ClFN2O2/c22-13-9-11-14(12-10-13)27-21-20(26)24-18-8-4-2-6-16(18)19(25-21)15-5-1-3-7-17(15)23/h1-12,21H,(H,24,26)/t21-/m0/s1. The van der Waals surface area contributed by atoms with Crippen molar-refractivity contribution in [2.75, 3.05) is 5.32 Å². The number of benzene rings is 3. The molecular weight excluding hydrogens is 367 g/mol. The van der Waals surface area contributed by atoms with Crippen LogP contribution < -0.4 is 10.1 Å². The molecule has 0 bridgehead atoms. The van der Waals surface area contributed by atoms with Crippen LogP contribution in [0.25, 0.3) is 0 Å². The summed E-state index contributed by atoms with van der Waals surface area (Å²) in [5.41, 5.74) is 1.82. The van der Waals surface area contributed by atoms with Crippen LogP contribution in [0.3, 0.4) is 0 Å². The number of rotatable bonds is 3. The van der Waals surface area contributed by atoms with Gasteiger partial charge in [-0.1, -0.05) is 41.9 Å². The van der Waals surface area contributed by atoms with Crippen LogP contribution in [0, 0.1) is 5.82 Å². The normalized spacial score (nSPS) is 16.0. The van der Waals surface area contributed by atoms with Crippen LogP contribution in [0.2, 0.25) is 5.02 Å². The summed E-state index contributed by atoms with van der Waals surface area (Å²) in [5, 5.41) is 3.35. The van der Waals surface area contributed by atoms with Crippen molar-refractivity contribution in [1.82, 2.24) is 0 Å². The van der Waals surface area contributed by atoms with Crippen LogP contribution in [-0.2, 0) is 4.79 Å². The molecule has 0 radical (unpaired) electrons. The topological polar surface area (TPSA) is 50.7 Å². The Bertz CT molecular complexity index is 1030. The zero-order valence-electron chi connectivity index (χ0n) is 14.0. The Balaban J connectivity index is 1.81. The SMILES string of the molecule is O=C1Nc2ccccc2C(c2ccccc2F)=N[C@H]1Oc1ccc(Cl)cc1. The summed E-state index contributed by atoms with van der Waals surface area (Å²) < 4.78 is 20.2. The summed E-state index contributed by atoms with van der Waals surface area (Å²) in [7, 11) is 0. The van der Waals surface area contributed by atoms with Crippen molar-refractivity contribution in [3.05, 3.63) is 94.8 Å². The quantitative estimate of drug-likeness (QED) is 0.717. The number of ether oxygens (including phenoxy) is 1. The van der Waals surface area contributed by atoms with Crippen LogP contribution in [0.1, 0.15) is 11.1 Å². The number of benzodiazepines with no additional fused rings is 1. The molecule has 4 nitrogen and oxygen atoms in total. The van der Waals surface area contributed by atoms with Crippen molar-refractivity contribution >= 4 is 28.9 Å². The number of halogens is 2. The highest BCUT2D eigenvalue weighted by Crippen LogP contribution is 2.26. The molecule has 0 saturated heterocycles. The van der Waals surface area contributed by atoms with Gasteiger partial charge in [-0.05, 0) is 42.5 Å². The van der Waals surface area contributed by atoms with Gasteiger partial charge < -0.3 is 10.1 Å². The lowest BCUT2D eigenvalue weighted by molar-refractivity contribution is -0.122. The number of hydrogen-bond acceptors (Lipinski definition) is 3. The molecule has 0 aromatic heterocycles. The van der Waals surface area contributed by atoms with Gasteiger partial charge in [-0.3, -0.25) is 4.79 Å². The van der Waals surface area contributed by atoms with Gasteiger partial charge in [0.2, 0.25) is 0 Å². The van der Waals surface area contributed by atoms with E-state index in [2.05, 4.69) is 10.3 Å². The second-order valence-corrected chi connectivity index (χ2v) is 6.35. The van der Waals surface area contributed by atoms with Crippen LogP contribution in [0.4, 0.5) is 10.1 Å². The van der Waals surface area contributed by atoms with E-state index < -0.39 is 18.0 Å². The summed E-state index contributed by atoms with van der Waals surface area (Å²) in [6, 6.07) is 20.0. The maximum atomic E-state index is 14.5. The van der Waals surface area contributed by atoms with Crippen molar-refractivity contribution in [3.8, 4) is 5.75 Å². The van der Waals surface area contributed by atoms with E-state index in [1.54, 1.807) is 60.7 Å². The fraction of sp³-hybridized carbons (Fsp3) is 0.0476. The maximum absolute atomic E-state index is 14.5. The second kappa shape index (κ2) is 7.21. The van der Waals surface area contributed by atoms with Crippen LogP contribution in [0.5, 0.6) is 5.75 Å². The van der Waals surface area contributed by atoms with E-state index >= 15 is 0 Å². The Kier molecular flexibility index (Phi) is 4.60. The Labute approximate surface area is 160 Å². The molecule has 1 amide bonds. The van der Waals surface area contributed by atoms with Crippen LogP contribution in [-0.4, -0.2) is 17.8 Å². The van der Waals surface area contributed by atoms with Crippen molar-refractivity contribution in [2.24, 2.45) is 4.99 Å². The van der Waals surface area contributed by atoms with Crippen molar-refractivity contribution < 1.29 is 13.9 Å². The lowest BCUT2D eigenvalue weighted by Crippen LogP contribution is -2.30. The summed E-state index contributed by atoms with van der Waals surface area (Å²) >= 11 is 5.89. The highest BCUT2D eigenvalue weighted by molar-refractivity contribution is 6.30. The molecule has 0 unspecified atom stereocenters. The van der Waals surface area contributed by atoms with E-state index in [-0.39, 0.29) is 0 Å². The summed E-state index contributed by atoms with van der Waals surface area (Å²) in [6.45, 7) is 0. The average molecular weight is 381 g/mol. The van der Waals surface area contributed by atoms with Crippen LogP contribution >= 0.6 is 11.6 Å². The summed E-state index contributed by atoms with van der Waals surface area (Å²) in [5.74, 6) is -0.434. The summed E-state index contributed by atoms with van der Waals surface area (Å²) in [4.78, 5) is 17.1. The molecule has 4 rings (SSSR count). The molecule has 27 heavy (non-hydrogen) atoms. The highest BCUT2D eigenvalue weighted by Gasteiger charge is 2.28. The molecule has 134 valence electrons. The molecule has 1 heterocycles. The number of hydrogen-bond donors (Lipinski definition) is 1. The van der Waals surface area contributed by atoms with Crippen molar-refractivity contribution in [3.63, 3.8) is 0 Å². The molecule has 0 fully saturated rings. The number of carbonyl (C=O) groups is 1. The third-order valence-electron chi connectivity index (χ3n) is 4.10. The monoisotopic (exact) mass is 380 g/mol. The minimum Gasteiger partial charge on any atom is -0.459 e. The van der Waals surface area contributed by atoms with Gasteiger partial charge in [0.05, 0.1) is 11.4 Å². The van der Waals surface area contributed by atoms with Gasteiger partial charge >= 0.3 is 0 Å². The van der Waals surface area contributed by atoms with E-state index in [1.807, 2.05) is 6.07 Å². The Morgan fingerprint density at radius 1 is 0.926 bits per heavy atom. The van der Waals surface area contributed by atoms with Gasteiger partial charge in [0, 0.05) is 16.1 Å². The molecule has 3 aromatic carbocycles. The minimum absolute atomic E-state index is 0.297. The molecule has 3 aromatic rings. The molecule has 0 saturated carbocycles. The van der Waals surface area contributed by atoms with E-state index in [4.69, 9.17) is 16.3 Å². The predicted octanol–water partition coefficient (Wildman–Crippen LogP) is 4.67. The van der Waals surface area contributed by atoms with Gasteiger partial charge in [0.1, 0.15) is 11.6 Å². The highest BCUT2D eigenvalue weighted by atomic mass is 35.5. The Morgan fingerprint density at radius 2 is 1.59 bits per heavy atom. The number of para-hydroxylation sites is 1. The lowest BCUT2D eigenvalue weighted by atomic mass is 10.0. The summed E-state index contributed by atoms with van der Waals surface area (Å²) in [6.07, 6.45) is -1.17. The molecular formula is C21H14ClFN2O2. The fourth-order valence-electron chi connectivity index (χ4n) is 2.83. The first-order chi connectivity index (χ1) is 13.1. The van der Waals surface area contributed by atoms with Gasteiger partial charge in [0.15, 0.2) is 0 Å². The Hall–Kier alpha value is -3.18. The van der Waals surface area contributed by atoms with Gasteiger partial charge in [0.25, 0.3) is 12.1 Å². The minimum atomic E-state index is -1.17. The van der Waals surface area contributed by atoms with E-state index in [9.17, 15) is 9.18 Å². The largest absolute Gasteiger partial charge is 0.459 e. The first-order valence-corrected chi connectivity index (χ1v) is 8.65. The number of nitrogens with one attached hydrogen (secondary N) is 1. The predicted molar refractivity (Wildman–Crippen MR) is 103 cm³/mol. The molecule has 1 atom stereocenters. The van der Waals surface area contributed by atoms with E-state index in [0.717, 1.165) is 0 Å². The molecule has 6 heteroatoms.